The van der Waals surface area contributed by atoms with Crippen LogP contribution in [0.25, 0.3) is 0 Å². The molecule has 0 aliphatic heterocycles. The normalized spacial score (nSPS) is 11.4. The number of carbonyl (C=O) groups excluding carboxylic acids is 1. The fourth-order valence-electron chi connectivity index (χ4n) is 1.74. The average Bonchev–Trinajstić information content (AvgIpc) is 2.80. The van der Waals surface area contributed by atoms with Crippen molar-refractivity contribution >= 4 is 21.8 Å². The molecule has 4 nitrogen and oxygen atoms in total. The van der Waals surface area contributed by atoms with Gasteiger partial charge < -0.3 is 0 Å². The van der Waals surface area contributed by atoms with E-state index in [4.69, 9.17) is 0 Å². The van der Waals surface area contributed by atoms with Crippen LogP contribution in [0.1, 0.15) is 32.0 Å². The maximum absolute atomic E-state index is 11.9. The van der Waals surface area contributed by atoms with Crippen molar-refractivity contribution in [1.29, 1.82) is 0 Å². The lowest BCUT2D eigenvalue weighted by Crippen LogP contribution is -2.25. The molecule has 0 bridgehead atoms. The molecule has 0 unspecified atom stereocenters. The van der Waals surface area contributed by atoms with E-state index in [-0.39, 0.29) is 11.3 Å². The highest BCUT2D eigenvalue weighted by Gasteiger charge is 2.17. The summed E-state index contributed by atoms with van der Waals surface area (Å²) < 4.78 is 1.00. The van der Waals surface area contributed by atoms with E-state index in [0.717, 1.165) is 15.7 Å². The number of aromatic nitrogens is 2. The zero-order chi connectivity index (χ0) is 14.8. The lowest BCUT2D eigenvalue weighted by atomic mass is 9.93. The Kier molecular flexibility index (Phi) is 4.28. The number of carbonyl (C=O) groups is 1. The molecule has 0 radical (unpaired) electrons. The molecule has 0 fully saturated rings. The highest BCUT2D eigenvalue weighted by atomic mass is 79.9. The smallest absolute Gasteiger partial charge is 0.244 e. The lowest BCUT2D eigenvalue weighted by Gasteiger charge is -2.14. The molecule has 1 aromatic carbocycles. The van der Waals surface area contributed by atoms with Gasteiger partial charge in [0.15, 0.2) is 0 Å². The molecule has 20 heavy (non-hydrogen) atoms. The minimum atomic E-state index is -0.0871. The second-order valence-electron chi connectivity index (χ2n) is 5.73. The van der Waals surface area contributed by atoms with E-state index in [0.29, 0.717) is 6.42 Å². The van der Waals surface area contributed by atoms with E-state index in [2.05, 4.69) is 47.2 Å². The summed E-state index contributed by atoms with van der Waals surface area (Å²) in [6, 6.07) is 9.61. The summed E-state index contributed by atoms with van der Waals surface area (Å²) in [6.07, 6.45) is 2.10. The number of amides is 1. The van der Waals surface area contributed by atoms with Gasteiger partial charge in [0.25, 0.3) is 0 Å². The molecule has 0 spiro atoms. The predicted molar refractivity (Wildman–Crippen MR) is 83.1 cm³/mol. The molecule has 5 heteroatoms. The molecule has 0 atom stereocenters. The highest BCUT2D eigenvalue weighted by molar-refractivity contribution is 9.10. The number of rotatable bonds is 3. The molecule has 2 rings (SSSR count). The number of halogens is 1. The molecule has 2 aromatic rings. The molecular formula is C15H18BrN3O. The third-order valence-electron chi connectivity index (χ3n) is 2.87. The number of hydrogen-bond acceptors (Lipinski definition) is 2. The van der Waals surface area contributed by atoms with Crippen LogP contribution in [-0.4, -0.2) is 15.8 Å². The largest absolute Gasteiger partial charge is 0.273 e. The minimum Gasteiger partial charge on any atom is -0.273 e. The Morgan fingerprint density at radius 3 is 2.45 bits per heavy atom. The van der Waals surface area contributed by atoms with Crippen molar-refractivity contribution in [3.8, 4) is 0 Å². The van der Waals surface area contributed by atoms with E-state index >= 15 is 0 Å². The van der Waals surface area contributed by atoms with Gasteiger partial charge in [-0.1, -0.05) is 48.8 Å². The summed E-state index contributed by atoms with van der Waals surface area (Å²) in [7, 11) is 0. The fraction of sp³-hybridized carbons (Fsp3) is 0.333. The van der Waals surface area contributed by atoms with E-state index in [1.54, 1.807) is 6.20 Å². The molecule has 0 saturated heterocycles. The topological polar surface area (TPSA) is 46.9 Å². The first kappa shape index (κ1) is 14.8. The zero-order valence-corrected chi connectivity index (χ0v) is 13.4. The van der Waals surface area contributed by atoms with E-state index in [9.17, 15) is 4.79 Å². The molecule has 0 aliphatic carbocycles. The van der Waals surface area contributed by atoms with Gasteiger partial charge in [0.2, 0.25) is 5.91 Å². The summed E-state index contributed by atoms with van der Waals surface area (Å²) in [5, 5.41) is 4.35. The molecule has 1 N–H and O–H groups in total. The van der Waals surface area contributed by atoms with Gasteiger partial charge in [0.1, 0.15) is 0 Å². The van der Waals surface area contributed by atoms with Crippen LogP contribution < -0.4 is 5.43 Å². The lowest BCUT2D eigenvalue weighted by molar-refractivity contribution is -0.116. The van der Waals surface area contributed by atoms with Crippen LogP contribution in [0.4, 0.5) is 0 Å². The minimum absolute atomic E-state index is 0.0261. The first-order valence-corrected chi connectivity index (χ1v) is 7.24. The zero-order valence-electron chi connectivity index (χ0n) is 11.9. The standard InChI is InChI=1S/C15H18BrN3O/c1-15(2,3)13-8-9-19(17-13)18-14(20)10-11-4-6-12(16)7-5-11/h4-9H,10H2,1-3H3,(H,18,20). The summed E-state index contributed by atoms with van der Waals surface area (Å²) in [5.41, 5.74) is 4.64. The van der Waals surface area contributed by atoms with Crippen LogP contribution in [-0.2, 0) is 16.6 Å². The van der Waals surface area contributed by atoms with E-state index in [1.165, 1.54) is 4.79 Å². The Morgan fingerprint density at radius 2 is 1.90 bits per heavy atom. The third-order valence-corrected chi connectivity index (χ3v) is 3.40. The molecule has 106 valence electrons. The number of nitrogens with zero attached hydrogens (tertiary/aromatic N) is 2. The highest BCUT2D eigenvalue weighted by Crippen LogP contribution is 2.19. The van der Waals surface area contributed by atoms with Gasteiger partial charge in [-0.2, -0.15) is 9.89 Å². The van der Waals surface area contributed by atoms with Crippen molar-refractivity contribution < 1.29 is 4.79 Å². The first-order chi connectivity index (χ1) is 9.34. The number of hydrogen-bond donors (Lipinski definition) is 1. The van der Waals surface area contributed by atoms with Crippen molar-refractivity contribution in [3.05, 3.63) is 52.3 Å². The Hall–Kier alpha value is -1.62. The van der Waals surface area contributed by atoms with Crippen LogP contribution in [0, 0.1) is 0 Å². The Morgan fingerprint density at radius 1 is 1.25 bits per heavy atom. The van der Waals surface area contributed by atoms with Gasteiger partial charge in [0, 0.05) is 16.1 Å². The molecule has 1 heterocycles. The van der Waals surface area contributed by atoms with Crippen molar-refractivity contribution in [2.45, 2.75) is 32.6 Å². The monoisotopic (exact) mass is 335 g/mol. The van der Waals surface area contributed by atoms with E-state index < -0.39 is 0 Å². The van der Waals surface area contributed by atoms with Gasteiger partial charge in [-0.25, -0.2) is 5.43 Å². The summed E-state index contributed by atoms with van der Waals surface area (Å²) in [5.74, 6) is -0.0871. The van der Waals surface area contributed by atoms with Crippen LogP contribution in [0.3, 0.4) is 0 Å². The van der Waals surface area contributed by atoms with Gasteiger partial charge in [-0.3, -0.25) is 4.79 Å². The molecule has 0 saturated carbocycles. The first-order valence-electron chi connectivity index (χ1n) is 6.45. The van der Waals surface area contributed by atoms with Crippen molar-refractivity contribution in [2.75, 3.05) is 5.43 Å². The predicted octanol–water partition coefficient (Wildman–Crippen LogP) is 3.26. The Labute approximate surface area is 127 Å². The molecule has 0 aliphatic rings. The second kappa shape index (κ2) is 5.79. The van der Waals surface area contributed by atoms with Crippen molar-refractivity contribution in [3.63, 3.8) is 0 Å². The second-order valence-corrected chi connectivity index (χ2v) is 6.65. The van der Waals surface area contributed by atoms with Crippen LogP contribution in [0.2, 0.25) is 0 Å². The van der Waals surface area contributed by atoms with Crippen LogP contribution in [0.5, 0.6) is 0 Å². The van der Waals surface area contributed by atoms with Gasteiger partial charge >= 0.3 is 0 Å². The maximum Gasteiger partial charge on any atom is 0.244 e. The maximum atomic E-state index is 11.9. The number of nitrogens with one attached hydrogen (secondary N) is 1. The SMILES string of the molecule is CC(C)(C)c1ccn(NC(=O)Cc2ccc(Br)cc2)n1. The van der Waals surface area contributed by atoms with Crippen molar-refractivity contribution in [2.24, 2.45) is 0 Å². The van der Waals surface area contributed by atoms with Crippen molar-refractivity contribution in [1.82, 2.24) is 9.89 Å². The quantitative estimate of drug-likeness (QED) is 0.935. The molecule has 1 amide bonds. The number of benzene rings is 1. The summed E-state index contributed by atoms with van der Waals surface area (Å²) in [6.45, 7) is 6.26. The fourth-order valence-corrected chi connectivity index (χ4v) is 2.01. The summed E-state index contributed by atoms with van der Waals surface area (Å²) >= 11 is 3.37. The summed E-state index contributed by atoms with van der Waals surface area (Å²) in [4.78, 5) is 13.4. The Bertz CT molecular complexity index is 596. The van der Waals surface area contributed by atoms with Gasteiger partial charge in [0.05, 0.1) is 12.1 Å². The average molecular weight is 336 g/mol. The van der Waals surface area contributed by atoms with E-state index in [1.807, 2.05) is 30.3 Å². The van der Waals surface area contributed by atoms with Crippen LogP contribution >= 0.6 is 15.9 Å². The molecule has 1 aromatic heterocycles. The Balaban J connectivity index is 1.98. The van der Waals surface area contributed by atoms with Gasteiger partial charge in [-0.15, -0.1) is 0 Å². The third kappa shape index (κ3) is 3.93. The van der Waals surface area contributed by atoms with Crippen LogP contribution in [0.15, 0.2) is 41.0 Å². The van der Waals surface area contributed by atoms with Gasteiger partial charge in [-0.05, 0) is 23.8 Å². The molecular weight excluding hydrogens is 318 g/mol.